The molecule has 3 aromatic carbocycles. The zero-order valence-corrected chi connectivity index (χ0v) is 13.2. The first-order valence-corrected chi connectivity index (χ1v) is 7.58. The van der Waals surface area contributed by atoms with Crippen molar-refractivity contribution in [2.24, 2.45) is 5.10 Å². The number of fused-ring (bicyclic) bond motifs is 1. The van der Waals surface area contributed by atoms with Gasteiger partial charge in [-0.1, -0.05) is 36.4 Å². The zero-order valence-electron chi connectivity index (χ0n) is 13.2. The van der Waals surface area contributed by atoms with E-state index in [9.17, 15) is 15.0 Å². The summed E-state index contributed by atoms with van der Waals surface area (Å²) >= 11 is 0. The summed E-state index contributed by atoms with van der Waals surface area (Å²) in [7, 11) is 0. The predicted octanol–water partition coefficient (Wildman–Crippen LogP) is 2.78. The highest BCUT2D eigenvalue weighted by molar-refractivity contribution is 5.86. The van der Waals surface area contributed by atoms with Crippen LogP contribution < -0.4 is 10.2 Å². The molecule has 0 heterocycles. The molecule has 0 saturated carbocycles. The van der Waals surface area contributed by atoms with Gasteiger partial charge in [-0.3, -0.25) is 4.79 Å². The molecule has 6 heteroatoms. The maximum Gasteiger partial charge on any atom is 0.277 e. The highest BCUT2D eigenvalue weighted by Crippen LogP contribution is 2.26. The van der Waals surface area contributed by atoms with Crippen molar-refractivity contribution in [3.05, 3.63) is 66.2 Å². The molecule has 126 valence electrons. The molecule has 3 rings (SSSR count). The second kappa shape index (κ2) is 7.35. The number of hydrazone groups is 1. The van der Waals surface area contributed by atoms with Crippen molar-refractivity contribution in [3.63, 3.8) is 0 Å². The summed E-state index contributed by atoms with van der Waals surface area (Å²) in [6.45, 7) is -0.193. The van der Waals surface area contributed by atoms with Gasteiger partial charge >= 0.3 is 0 Å². The number of carbonyl (C=O) groups excluding carboxylic acids is 1. The molecule has 1 amide bonds. The average Bonchev–Trinajstić information content (AvgIpc) is 2.63. The predicted molar refractivity (Wildman–Crippen MR) is 95.0 cm³/mol. The van der Waals surface area contributed by atoms with Crippen LogP contribution in [0, 0.1) is 0 Å². The standard InChI is InChI=1S/C19H16N2O4/c22-17-7-3-6-15(19(17)24)11-20-21-18(23)12-25-16-9-8-13-4-1-2-5-14(13)10-16/h1-11,22,24H,12H2,(H,21,23)/b20-11+. The summed E-state index contributed by atoms with van der Waals surface area (Å²) in [6.07, 6.45) is 1.24. The van der Waals surface area contributed by atoms with Gasteiger partial charge in [0.05, 0.1) is 6.21 Å². The maximum absolute atomic E-state index is 11.8. The molecular weight excluding hydrogens is 320 g/mol. The number of nitrogens with zero attached hydrogens (tertiary/aromatic N) is 1. The number of hydrogen-bond donors (Lipinski definition) is 3. The summed E-state index contributed by atoms with van der Waals surface area (Å²) in [5, 5.41) is 24.8. The summed E-state index contributed by atoms with van der Waals surface area (Å²) in [4.78, 5) is 11.8. The molecule has 0 spiro atoms. The normalized spacial score (nSPS) is 10.9. The highest BCUT2D eigenvalue weighted by Gasteiger charge is 2.04. The lowest BCUT2D eigenvalue weighted by molar-refractivity contribution is -0.123. The third-order valence-corrected chi connectivity index (χ3v) is 3.53. The van der Waals surface area contributed by atoms with Crippen LogP contribution >= 0.6 is 0 Å². The van der Waals surface area contributed by atoms with Crippen LogP contribution in [-0.4, -0.2) is 28.9 Å². The molecule has 0 saturated heterocycles. The van der Waals surface area contributed by atoms with Crippen LogP contribution in [0.25, 0.3) is 10.8 Å². The van der Waals surface area contributed by atoms with Gasteiger partial charge in [-0.05, 0) is 35.0 Å². The fraction of sp³-hybridized carbons (Fsp3) is 0.0526. The van der Waals surface area contributed by atoms with Gasteiger partial charge < -0.3 is 14.9 Å². The number of phenolic OH excluding ortho intramolecular Hbond substituents is 2. The Morgan fingerprint density at radius 1 is 1.04 bits per heavy atom. The summed E-state index contributed by atoms with van der Waals surface area (Å²) < 4.78 is 5.45. The van der Waals surface area contributed by atoms with E-state index in [-0.39, 0.29) is 23.7 Å². The highest BCUT2D eigenvalue weighted by atomic mass is 16.5. The number of rotatable bonds is 5. The second-order valence-electron chi connectivity index (χ2n) is 5.31. The fourth-order valence-corrected chi connectivity index (χ4v) is 2.27. The number of para-hydroxylation sites is 1. The summed E-state index contributed by atoms with van der Waals surface area (Å²) in [5.41, 5.74) is 2.59. The summed E-state index contributed by atoms with van der Waals surface area (Å²) in [5.74, 6) is -0.407. The second-order valence-corrected chi connectivity index (χ2v) is 5.31. The fourth-order valence-electron chi connectivity index (χ4n) is 2.27. The van der Waals surface area contributed by atoms with E-state index in [1.807, 2.05) is 36.4 Å². The Hall–Kier alpha value is -3.54. The largest absolute Gasteiger partial charge is 0.504 e. The first kappa shape index (κ1) is 16.3. The quantitative estimate of drug-likeness (QED) is 0.379. The molecule has 25 heavy (non-hydrogen) atoms. The number of carbonyl (C=O) groups is 1. The van der Waals surface area contributed by atoms with E-state index in [4.69, 9.17) is 4.74 Å². The van der Waals surface area contributed by atoms with Crippen LogP contribution in [0.1, 0.15) is 5.56 Å². The van der Waals surface area contributed by atoms with E-state index in [0.29, 0.717) is 5.75 Å². The molecule has 0 aliphatic rings. The average molecular weight is 336 g/mol. The number of nitrogens with one attached hydrogen (secondary N) is 1. The minimum atomic E-state index is -0.441. The Labute approximate surface area is 144 Å². The molecule has 0 unspecified atom stereocenters. The van der Waals surface area contributed by atoms with Crippen LogP contribution in [0.15, 0.2) is 65.8 Å². The van der Waals surface area contributed by atoms with Gasteiger partial charge in [-0.25, -0.2) is 5.43 Å². The summed E-state index contributed by atoms with van der Waals surface area (Å²) in [6, 6.07) is 17.9. The molecule has 0 aliphatic carbocycles. The van der Waals surface area contributed by atoms with Gasteiger partial charge in [0, 0.05) is 5.56 Å². The molecule has 0 atom stereocenters. The molecule has 0 aromatic heterocycles. The maximum atomic E-state index is 11.8. The van der Waals surface area contributed by atoms with E-state index in [1.165, 1.54) is 12.3 Å². The first-order chi connectivity index (χ1) is 12.1. The Balaban J connectivity index is 1.55. The van der Waals surface area contributed by atoms with Crippen LogP contribution in [-0.2, 0) is 4.79 Å². The number of amides is 1. The molecular formula is C19H16N2O4. The van der Waals surface area contributed by atoms with Crippen LogP contribution in [0.4, 0.5) is 0 Å². The molecule has 3 aromatic rings. The van der Waals surface area contributed by atoms with Crippen molar-refractivity contribution in [2.75, 3.05) is 6.61 Å². The molecule has 0 radical (unpaired) electrons. The third kappa shape index (κ3) is 4.06. The van der Waals surface area contributed by atoms with Crippen molar-refractivity contribution < 1.29 is 19.7 Å². The van der Waals surface area contributed by atoms with Crippen LogP contribution in [0.3, 0.4) is 0 Å². The topological polar surface area (TPSA) is 91.2 Å². The lowest BCUT2D eigenvalue weighted by Gasteiger charge is -2.06. The van der Waals surface area contributed by atoms with Crippen LogP contribution in [0.2, 0.25) is 0 Å². The lowest BCUT2D eigenvalue weighted by atomic mass is 10.1. The van der Waals surface area contributed by atoms with E-state index in [2.05, 4.69) is 10.5 Å². The van der Waals surface area contributed by atoms with Crippen molar-refractivity contribution in [2.45, 2.75) is 0 Å². The smallest absolute Gasteiger partial charge is 0.277 e. The van der Waals surface area contributed by atoms with E-state index in [1.54, 1.807) is 18.2 Å². The van der Waals surface area contributed by atoms with Gasteiger partial charge in [0.15, 0.2) is 18.1 Å². The molecule has 0 bridgehead atoms. The Morgan fingerprint density at radius 3 is 2.68 bits per heavy atom. The first-order valence-electron chi connectivity index (χ1n) is 7.58. The van der Waals surface area contributed by atoms with Gasteiger partial charge in [-0.2, -0.15) is 5.10 Å². The number of ether oxygens (including phenoxy) is 1. The minimum absolute atomic E-state index is 0.193. The van der Waals surface area contributed by atoms with Crippen molar-refractivity contribution >= 4 is 22.9 Å². The van der Waals surface area contributed by atoms with Crippen molar-refractivity contribution in [1.82, 2.24) is 5.43 Å². The van der Waals surface area contributed by atoms with E-state index < -0.39 is 5.91 Å². The van der Waals surface area contributed by atoms with Gasteiger partial charge in [0.25, 0.3) is 5.91 Å². The Morgan fingerprint density at radius 2 is 1.84 bits per heavy atom. The third-order valence-electron chi connectivity index (χ3n) is 3.53. The van der Waals surface area contributed by atoms with Crippen molar-refractivity contribution in [3.8, 4) is 17.2 Å². The molecule has 0 aliphatic heterocycles. The number of phenols is 2. The number of benzene rings is 3. The minimum Gasteiger partial charge on any atom is -0.504 e. The van der Waals surface area contributed by atoms with E-state index in [0.717, 1.165) is 10.8 Å². The molecule has 3 N–H and O–H groups in total. The zero-order chi connectivity index (χ0) is 17.6. The monoisotopic (exact) mass is 336 g/mol. The van der Waals surface area contributed by atoms with Gasteiger partial charge in [0.1, 0.15) is 5.75 Å². The van der Waals surface area contributed by atoms with Crippen molar-refractivity contribution in [1.29, 1.82) is 0 Å². The molecule has 6 nitrogen and oxygen atoms in total. The SMILES string of the molecule is O=C(COc1ccc2ccccc2c1)N/N=C/c1cccc(O)c1O. The Kier molecular flexibility index (Phi) is 4.80. The Bertz CT molecular complexity index is 938. The van der Waals surface area contributed by atoms with Crippen LogP contribution in [0.5, 0.6) is 17.2 Å². The van der Waals surface area contributed by atoms with E-state index >= 15 is 0 Å². The van der Waals surface area contributed by atoms with Gasteiger partial charge in [-0.15, -0.1) is 0 Å². The lowest BCUT2D eigenvalue weighted by Crippen LogP contribution is -2.24. The number of aromatic hydroxyl groups is 2. The molecule has 0 fully saturated rings. The number of hydrogen-bond acceptors (Lipinski definition) is 5. The van der Waals surface area contributed by atoms with Gasteiger partial charge in [0.2, 0.25) is 0 Å².